The molecule has 0 aliphatic rings. The van der Waals surface area contributed by atoms with Crippen LogP contribution in [0.5, 0.6) is 5.75 Å². The minimum absolute atomic E-state index is 0.0954. The lowest BCUT2D eigenvalue weighted by Gasteiger charge is -2.13. The molecule has 0 aromatic heterocycles. The van der Waals surface area contributed by atoms with Crippen LogP contribution in [0.25, 0.3) is 0 Å². The Morgan fingerprint density at radius 1 is 1.04 bits per heavy atom. The van der Waals surface area contributed by atoms with Crippen LogP contribution < -0.4 is 4.74 Å². The van der Waals surface area contributed by atoms with Gasteiger partial charge in [0.15, 0.2) is 5.78 Å². The molecule has 0 saturated heterocycles. The van der Waals surface area contributed by atoms with Crippen molar-refractivity contribution in [2.75, 3.05) is 13.2 Å². The third-order valence-corrected chi connectivity index (χ3v) is 3.23. The molecule has 0 aliphatic carbocycles. The van der Waals surface area contributed by atoms with Crippen LogP contribution in [0.15, 0.2) is 61.2 Å². The van der Waals surface area contributed by atoms with Crippen molar-refractivity contribution in [3.63, 3.8) is 0 Å². The first-order chi connectivity index (χ1) is 11.1. The molecule has 0 fully saturated rings. The Hall–Kier alpha value is -2.88. The van der Waals surface area contributed by atoms with Gasteiger partial charge in [0.05, 0.1) is 5.56 Å². The predicted molar refractivity (Wildman–Crippen MR) is 87.7 cm³/mol. The normalized spacial score (nSPS) is 9.96. The SMILES string of the molecule is C=CC(=O)OCCOc1c(C)cccc1C(=O)c1ccccc1. The molecule has 2 aromatic carbocycles. The summed E-state index contributed by atoms with van der Waals surface area (Å²) in [7, 11) is 0. The molecule has 0 bridgehead atoms. The monoisotopic (exact) mass is 310 g/mol. The first kappa shape index (κ1) is 16.5. The van der Waals surface area contributed by atoms with Crippen molar-refractivity contribution in [2.24, 2.45) is 0 Å². The largest absolute Gasteiger partial charge is 0.489 e. The number of hydrogen-bond donors (Lipinski definition) is 0. The standard InChI is InChI=1S/C19H18O4/c1-3-17(20)22-12-13-23-19-14(2)8-7-11-16(19)18(21)15-9-5-4-6-10-15/h3-11H,1,12-13H2,2H3. The Bertz CT molecular complexity index is 705. The highest BCUT2D eigenvalue weighted by Gasteiger charge is 2.16. The molecule has 2 aromatic rings. The molecule has 4 heteroatoms. The molecule has 0 saturated carbocycles. The van der Waals surface area contributed by atoms with Gasteiger partial charge in [-0.15, -0.1) is 0 Å². The number of hydrogen-bond acceptors (Lipinski definition) is 4. The molecule has 23 heavy (non-hydrogen) atoms. The van der Waals surface area contributed by atoms with E-state index in [9.17, 15) is 9.59 Å². The Balaban J connectivity index is 2.15. The summed E-state index contributed by atoms with van der Waals surface area (Å²) < 4.78 is 10.5. The highest BCUT2D eigenvalue weighted by atomic mass is 16.6. The van der Waals surface area contributed by atoms with Crippen molar-refractivity contribution in [3.05, 3.63) is 77.9 Å². The molecular formula is C19H18O4. The van der Waals surface area contributed by atoms with E-state index in [0.29, 0.717) is 16.9 Å². The van der Waals surface area contributed by atoms with Crippen molar-refractivity contribution >= 4 is 11.8 Å². The van der Waals surface area contributed by atoms with E-state index in [0.717, 1.165) is 11.6 Å². The zero-order valence-corrected chi connectivity index (χ0v) is 13.0. The fourth-order valence-corrected chi connectivity index (χ4v) is 2.11. The van der Waals surface area contributed by atoms with Crippen LogP contribution >= 0.6 is 0 Å². The summed E-state index contributed by atoms with van der Waals surface area (Å²) in [4.78, 5) is 23.6. The minimum Gasteiger partial charge on any atom is -0.489 e. The maximum atomic E-state index is 12.6. The van der Waals surface area contributed by atoms with Gasteiger partial charge < -0.3 is 9.47 Å². The topological polar surface area (TPSA) is 52.6 Å². The minimum atomic E-state index is -0.501. The van der Waals surface area contributed by atoms with Crippen LogP contribution in [0.3, 0.4) is 0 Å². The quantitative estimate of drug-likeness (QED) is 0.341. The molecule has 0 N–H and O–H groups in total. The summed E-state index contributed by atoms with van der Waals surface area (Å²) >= 11 is 0. The molecule has 0 amide bonds. The van der Waals surface area contributed by atoms with Gasteiger partial charge in [-0.05, 0) is 18.6 Å². The van der Waals surface area contributed by atoms with E-state index in [1.807, 2.05) is 37.3 Å². The Morgan fingerprint density at radius 3 is 2.48 bits per heavy atom. The maximum Gasteiger partial charge on any atom is 0.330 e. The van der Waals surface area contributed by atoms with E-state index in [2.05, 4.69) is 6.58 Å². The number of ketones is 1. The summed E-state index contributed by atoms with van der Waals surface area (Å²) in [6.45, 7) is 5.45. The van der Waals surface area contributed by atoms with E-state index in [1.54, 1.807) is 18.2 Å². The van der Waals surface area contributed by atoms with Crippen LogP contribution in [0.1, 0.15) is 21.5 Å². The Morgan fingerprint density at radius 2 is 1.78 bits per heavy atom. The van der Waals surface area contributed by atoms with Gasteiger partial charge in [0.1, 0.15) is 19.0 Å². The van der Waals surface area contributed by atoms with Crippen LogP contribution in [0, 0.1) is 6.92 Å². The number of carbonyl (C=O) groups excluding carboxylic acids is 2. The summed E-state index contributed by atoms with van der Waals surface area (Å²) in [5, 5.41) is 0. The molecule has 0 atom stereocenters. The smallest absolute Gasteiger partial charge is 0.330 e. The lowest BCUT2D eigenvalue weighted by atomic mass is 10.0. The molecule has 0 unspecified atom stereocenters. The number of ether oxygens (including phenoxy) is 2. The molecule has 2 rings (SSSR count). The van der Waals surface area contributed by atoms with Gasteiger partial charge in [-0.2, -0.15) is 0 Å². The molecule has 0 spiro atoms. The van der Waals surface area contributed by atoms with E-state index < -0.39 is 5.97 Å². The zero-order valence-electron chi connectivity index (χ0n) is 13.0. The summed E-state index contributed by atoms with van der Waals surface area (Å²) in [6, 6.07) is 14.4. The fraction of sp³-hybridized carbons (Fsp3) is 0.158. The molecule has 0 aliphatic heterocycles. The summed E-state index contributed by atoms with van der Waals surface area (Å²) in [5.74, 6) is -0.0950. The average molecular weight is 310 g/mol. The lowest BCUT2D eigenvalue weighted by molar-refractivity contribution is -0.138. The number of carbonyl (C=O) groups is 2. The molecule has 118 valence electrons. The zero-order chi connectivity index (χ0) is 16.7. The number of para-hydroxylation sites is 1. The van der Waals surface area contributed by atoms with Crippen molar-refractivity contribution < 1.29 is 19.1 Å². The van der Waals surface area contributed by atoms with Gasteiger partial charge in [0, 0.05) is 11.6 Å². The highest BCUT2D eigenvalue weighted by molar-refractivity contribution is 6.10. The van der Waals surface area contributed by atoms with E-state index in [-0.39, 0.29) is 19.0 Å². The second-order valence-corrected chi connectivity index (χ2v) is 4.87. The van der Waals surface area contributed by atoms with Crippen molar-refractivity contribution in [2.45, 2.75) is 6.92 Å². The van der Waals surface area contributed by atoms with Gasteiger partial charge in [0.2, 0.25) is 0 Å². The summed E-state index contributed by atoms with van der Waals surface area (Å²) in [5.41, 5.74) is 1.94. The average Bonchev–Trinajstić information content (AvgIpc) is 2.59. The van der Waals surface area contributed by atoms with Crippen LogP contribution in [-0.2, 0) is 9.53 Å². The highest BCUT2D eigenvalue weighted by Crippen LogP contribution is 2.26. The van der Waals surface area contributed by atoms with Crippen LogP contribution in [0.4, 0.5) is 0 Å². The van der Waals surface area contributed by atoms with Gasteiger partial charge in [-0.1, -0.05) is 49.0 Å². The molecule has 0 radical (unpaired) electrons. The van der Waals surface area contributed by atoms with Crippen molar-refractivity contribution in [1.82, 2.24) is 0 Å². The maximum absolute atomic E-state index is 12.6. The van der Waals surface area contributed by atoms with E-state index in [4.69, 9.17) is 9.47 Å². The van der Waals surface area contributed by atoms with Gasteiger partial charge in [0.25, 0.3) is 0 Å². The second-order valence-electron chi connectivity index (χ2n) is 4.87. The second kappa shape index (κ2) is 7.94. The number of benzene rings is 2. The Kier molecular flexibility index (Phi) is 5.69. The number of rotatable bonds is 7. The fourth-order valence-electron chi connectivity index (χ4n) is 2.11. The Labute approximate surface area is 135 Å². The third-order valence-electron chi connectivity index (χ3n) is 3.23. The van der Waals surface area contributed by atoms with E-state index in [1.165, 1.54) is 0 Å². The molecular weight excluding hydrogens is 292 g/mol. The van der Waals surface area contributed by atoms with E-state index >= 15 is 0 Å². The van der Waals surface area contributed by atoms with Gasteiger partial charge >= 0.3 is 5.97 Å². The first-order valence-corrected chi connectivity index (χ1v) is 7.25. The first-order valence-electron chi connectivity index (χ1n) is 7.25. The number of esters is 1. The van der Waals surface area contributed by atoms with Crippen LogP contribution in [0.2, 0.25) is 0 Å². The lowest BCUT2D eigenvalue weighted by Crippen LogP contribution is -2.13. The van der Waals surface area contributed by atoms with Gasteiger partial charge in [-0.3, -0.25) is 4.79 Å². The van der Waals surface area contributed by atoms with Crippen molar-refractivity contribution in [1.29, 1.82) is 0 Å². The number of aryl methyl sites for hydroxylation is 1. The third kappa shape index (κ3) is 4.30. The van der Waals surface area contributed by atoms with Crippen molar-refractivity contribution in [3.8, 4) is 5.75 Å². The molecule has 4 nitrogen and oxygen atoms in total. The van der Waals surface area contributed by atoms with Crippen LogP contribution in [-0.4, -0.2) is 25.0 Å². The summed E-state index contributed by atoms with van der Waals surface area (Å²) in [6.07, 6.45) is 1.10. The van der Waals surface area contributed by atoms with Gasteiger partial charge in [-0.25, -0.2) is 4.79 Å². The molecule has 0 heterocycles. The predicted octanol–water partition coefficient (Wildman–Crippen LogP) is 3.33.